The molecule has 5 rings (SSSR count). The number of aromatic nitrogens is 3. The van der Waals surface area contributed by atoms with Crippen LogP contribution in [0.3, 0.4) is 0 Å². The molecule has 0 spiro atoms. The van der Waals surface area contributed by atoms with Gasteiger partial charge >= 0.3 is 0 Å². The lowest BCUT2D eigenvalue weighted by atomic mass is 10.1. The lowest BCUT2D eigenvalue weighted by Gasteiger charge is -2.09. The summed E-state index contributed by atoms with van der Waals surface area (Å²) in [5, 5.41) is 5.32. The molecule has 1 saturated carbocycles. The van der Waals surface area contributed by atoms with E-state index < -0.39 is 5.82 Å². The third kappa shape index (κ3) is 7.42. The lowest BCUT2D eigenvalue weighted by molar-refractivity contribution is -0.120. The number of rotatable bonds is 6. The summed E-state index contributed by atoms with van der Waals surface area (Å²) in [6.07, 6.45) is 5.17. The number of hydrogen-bond donors (Lipinski definition) is 2. The molecule has 0 saturated heterocycles. The minimum absolute atomic E-state index is 0.0132. The second-order valence-corrected chi connectivity index (χ2v) is 8.59. The van der Waals surface area contributed by atoms with Gasteiger partial charge in [-0.05, 0) is 49.2 Å². The third-order valence-corrected chi connectivity index (χ3v) is 5.59. The molecule has 2 heterocycles. The smallest absolute Gasteiger partial charge is 0.230 e. The van der Waals surface area contributed by atoms with E-state index in [1.165, 1.54) is 36.7 Å². The zero-order valence-electron chi connectivity index (χ0n) is 21.0. The van der Waals surface area contributed by atoms with Gasteiger partial charge in [0.25, 0.3) is 0 Å². The van der Waals surface area contributed by atoms with Crippen LogP contribution in [0.1, 0.15) is 33.6 Å². The van der Waals surface area contributed by atoms with Gasteiger partial charge in [-0.25, -0.2) is 23.7 Å². The number of benzene rings is 2. The molecule has 11 heteroatoms. The first-order valence-electron chi connectivity index (χ1n) is 11.8. The summed E-state index contributed by atoms with van der Waals surface area (Å²) in [7, 11) is 0. The van der Waals surface area contributed by atoms with Crippen molar-refractivity contribution in [1.82, 2.24) is 15.0 Å². The Hall–Kier alpha value is -4.18. The van der Waals surface area contributed by atoms with Crippen molar-refractivity contribution in [3.8, 4) is 11.5 Å². The van der Waals surface area contributed by atoms with Crippen LogP contribution in [0.2, 0.25) is 5.15 Å². The van der Waals surface area contributed by atoms with Crippen LogP contribution < -0.4 is 15.4 Å². The Morgan fingerprint density at radius 2 is 1.71 bits per heavy atom. The molecule has 0 bridgehead atoms. The molecule has 1 aliphatic carbocycles. The number of pyridine rings is 1. The molecular formula is C27H26ClF2N5O3. The Morgan fingerprint density at radius 3 is 2.34 bits per heavy atom. The van der Waals surface area contributed by atoms with Gasteiger partial charge in [0, 0.05) is 35.1 Å². The highest BCUT2D eigenvalue weighted by molar-refractivity contribution is 6.29. The van der Waals surface area contributed by atoms with Gasteiger partial charge < -0.3 is 15.4 Å². The summed E-state index contributed by atoms with van der Waals surface area (Å²) < 4.78 is 32.0. The third-order valence-electron chi connectivity index (χ3n) is 5.41. The van der Waals surface area contributed by atoms with E-state index in [1.54, 1.807) is 18.2 Å². The van der Waals surface area contributed by atoms with Gasteiger partial charge in [-0.3, -0.25) is 9.59 Å². The standard InChI is InChI=1S/C14H8ClFN4O2.C11H12FNO.C2H6/c15-12-6-18-13-11(3-4-17-14(13)20-12)22-10-2-1-8(19-7-21)5-9(10)16;1-11(6-7-11)10(14)13-9-4-2-8(12)3-5-9;1-2/h1-7H,(H,19,21);2-5H,6-7H2,1H3,(H,13,14);1-2H3. The summed E-state index contributed by atoms with van der Waals surface area (Å²) in [6.45, 7) is 5.94. The molecule has 38 heavy (non-hydrogen) atoms. The minimum Gasteiger partial charge on any atom is -0.452 e. The van der Waals surface area contributed by atoms with Gasteiger partial charge in [0.1, 0.15) is 11.0 Å². The zero-order valence-corrected chi connectivity index (χ0v) is 21.7. The van der Waals surface area contributed by atoms with E-state index in [-0.39, 0.29) is 28.0 Å². The Balaban J connectivity index is 0.000000215. The van der Waals surface area contributed by atoms with E-state index in [0.717, 1.165) is 18.9 Å². The molecule has 0 unspecified atom stereocenters. The van der Waals surface area contributed by atoms with Crippen molar-refractivity contribution in [2.24, 2.45) is 5.41 Å². The van der Waals surface area contributed by atoms with E-state index in [9.17, 15) is 18.4 Å². The van der Waals surface area contributed by atoms with Gasteiger partial charge in [0.15, 0.2) is 28.5 Å². The average Bonchev–Trinajstić information content (AvgIpc) is 3.67. The van der Waals surface area contributed by atoms with Crippen LogP contribution in [0.25, 0.3) is 11.2 Å². The normalized spacial score (nSPS) is 12.7. The predicted octanol–water partition coefficient (Wildman–Crippen LogP) is 6.77. The second kappa shape index (κ2) is 12.9. The fourth-order valence-corrected chi connectivity index (χ4v) is 3.18. The number of amides is 2. The molecule has 8 nitrogen and oxygen atoms in total. The summed E-state index contributed by atoms with van der Waals surface area (Å²) in [4.78, 5) is 34.0. The Morgan fingerprint density at radius 1 is 1.03 bits per heavy atom. The number of halogens is 3. The van der Waals surface area contributed by atoms with Crippen molar-refractivity contribution in [3.05, 3.63) is 77.7 Å². The lowest BCUT2D eigenvalue weighted by Crippen LogP contribution is -2.21. The molecule has 2 amide bonds. The molecule has 0 radical (unpaired) electrons. The number of nitrogens with zero attached hydrogens (tertiary/aromatic N) is 3. The van der Waals surface area contributed by atoms with Crippen LogP contribution in [0.4, 0.5) is 20.2 Å². The zero-order chi connectivity index (χ0) is 27.7. The highest BCUT2D eigenvalue weighted by Crippen LogP contribution is 2.45. The quantitative estimate of drug-likeness (QED) is 0.261. The summed E-state index contributed by atoms with van der Waals surface area (Å²) in [5.74, 6) is -0.603. The van der Waals surface area contributed by atoms with Crippen molar-refractivity contribution < 1.29 is 23.1 Å². The molecule has 2 N–H and O–H groups in total. The van der Waals surface area contributed by atoms with Crippen LogP contribution in [0, 0.1) is 17.0 Å². The molecule has 2 aromatic carbocycles. The minimum atomic E-state index is -0.626. The maximum Gasteiger partial charge on any atom is 0.230 e. The SMILES string of the molecule is CC.CC1(C(=O)Nc2ccc(F)cc2)CC1.O=CNc1ccc(Oc2ccnc3nc(Cl)cnc23)c(F)c1. The van der Waals surface area contributed by atoms with Crippen molar-refractivity contribution in [3.63, 3.8) is 0 Å². The van der Waals surface area contributed by atoms with Gasteiger partial charge in [-0.2, -0.15) is 0 Å². The number of ether oxygens (including phenoxy) is 1. The number of nitrogens with one attached hydrogen (secondary N) is 2. The molecule has 4 aromatic rings. The van der Waals surface area contributed by atoms with Crippen LogP contribution in [-0.2, 0) is 9.59 Å². The van der Waals surface area contributed by atoms with E-state index in [2.05, 4.69) is 25.6 Å². The molecule has 0 atom stereocenters. The van der Waals surface area contributed by atoms with Crippen LogP contribution in [0.15, 0.2) is 60.9 Å². The molecule has 198 valence electrons. The molecule has 1 aliphatic rings. The van der Waals surface area contributed by atoms with Crippen LogP contribution >= 0.6 is 11.6 Å². The molecule has 1 fully saturated rings. The van der Waals surface area contributed by atoms with Crippen molar-refractivity contribution in [2.75, 3.05) is 10.6 Å². The second-order valence-electron chi connectivity index (χ2n) is 8.21. The van der Waals surface area contributed by atoms with Gasteiger partial charge in [0.05, 0.1) is 6.20 Å². The number of fused-ring (bicyclic) bond motifs is 1. The van der Waals surface area contributed by atoms with Crippen LogP contribution in [-0.4, -0.2) is 27.3 Å². The van der Waals surface area contributed by atoms with Gasteiger partial charge in [0.2, 0.25) is 12.3 Å². The largest absolute Gasteiger partial charge is 0.452 e. The van der Waals surface area contributed by atoms with Gasteiger partial charge in [-0.1, -0.05) is 32.4 Å². The first-order chi connectivity index (χ1) is 18.3. The van der Waals surface area contributed by atoms with E-state index in [0.29, 0.717) is 34.7 Å². The number of carbonyl (C=O) groups excluding carboxylic acids is 2. The van der Waals surface area contributed by atoms with E-state index >= 15 is 0 Å². The predicted molar refractivity (Wildman–Crippen MR) is 142 cm³/mol. The topological polar surface area (TPSA) is 106 Å². The van der Waals surface area contributed by atoms with Crippen molar-refractivity contribution in [2.45, 2.75) is 33.6 Å². The van der Waals surface area contributed by atoms with Gasteiger partial charge in [-0.15, -0.1) is 0 Å². The van der Waals surface area contributed by atoms with E-state index in [1.807, 2.05) is 20.8 Å². The Bertz CT molecular complexity index is 1420. The fraction of sp³-hybridized carbons (Fsp3) is 0.222. The number of carbonyl (C=O) groups is 2. The first kappa shape index (κ1) is 28.4. The molecular weight excluding hydrogens is 516 g/mol. The fourth-order valence-electron chi connectivity index (χ4n) is 3.05. The molecule has 0 aliphatic heterocycles. The Kier molecular flexibility index (Phi) is 9.61. The summed E-state index contributed by atoms with van der Waals surface area (Å²) in [5.41, 5.74) is 1.45. The maximum absolute atomic E-state index is 14.0. The first-order valence-corrected chi connectivity index (χ1v) is 12.2. The average molecular weight is 542 g/mol. The Labute approximate surface area is 223 Å². The highest BCUT2D eigenvalue weighted by Gasteiger charge is 2.44. The van der Waals surface area contributed by atoms with Crippen LogP contribution in [0.5, 0.6) is 11.5 Å². The van der Waals surface area contributed by atoms with Crippen molar-refractivity contribution in [1.29, 1.82) is 0 Å². The van der Waals surface area contributed by atoms with Crippen molar-refractivity contribution >= 4 is 46.5 Å². The summed E-state index contributed by atoms with van der Waals surface area (Å²) in [6, 6.07) is 11.4. The molecule has 2 aromatic heterocycles. The highest BCUT2D eigenvalue weighted by atomic mass is 35.5. The van der Waals surface area contributed by atoms with E-state index in [4.69, 9.17) is 16.3 Å². The maximum atomic E-state index is 14.0. The monoisotopic (exact) mass is 541 g/mol. The number of hydrogen-bond acceptors (Lipinski definition) is 6. The number of anilines is 2. The summed E-state index contributed by atoms with van der Waals surface area (Å²) >= 11 is 5.75.